The summed E-state index contributed by atoms with van der Waals surface area (Å²) in [5.41, 5.74) is 20.3. The van der Waals surface area contributed by atoms with Crippen LogP contribution in [0.15, 0.2) is 170 Å². The molecule has 3 heterocycles. The van der Waals surface area contributed by atoms with Crippen molar-refractivity contribution >= 4 is 44.9 Å². The molecule has 0 atom stereocenters. The van der Waals surface area contributed by atoms with Gasteiger partial charge in [0.2, 0.25) is 0 Å². The summed E-state index contributed by atoms with van der Waals surface area (Å²) in [5.74, 6) is 0. The normalized spacial score (nSPS) is 15.9. The van der Waals surface area contributed by atoms with Crippen molar-refractivity contribution in [2.75, 3.05) is 9.80 Å². The van der Waals surface area contributed by atoms with Gasteiger partial charge in [0.05, 0.1) is 22.7 Å². The van der Waals surface area contributed by atoms with Crippen molar-refractivity contribution in [3.8, 4) is 22.3 Å². The lowest BCUT2D eigenvalue weighted by Crippen LogP contribution is -2.43. The van der Waals surface area contributed by atoms with E-state index in [1.807, 2.05) is 0 Å². The summed E-state index contributed by atoms with van der Waals surface area (Å²) in [4.78, 5) is 5.07. The van der Waals surface area contributed by atoms with Crippen LogP contribution in [0.3, 0.4) is 0 Å². The van der Waals surface area contributed by atoms with Crippen LogP contribution in [-0.2, 0) is 16.2 Å². The first-order valence-electron chi connectivity index (χ1n) is 20.4. The number of hydrogen-bond donors (Lipinski definition) is 0. The van der Waals surface area contributed by atoms with E-state index in [2.05, 4.69) is 221 Å². The van der Waals surface area contributed by atoms with Gasteiger partial charge in [0.15, 0.2) is 0 Å². The van der Waals surface area contributed by atoms with Gasteiger partial charge in [0.1, 0.15) is 0 Å². The summed E-state index contributed by atoms with van der Waals surface area (Å²) in [7, 11) is 0. The van der Waals surface area contributed by atoms with E-state index in [4.69, 9.17) is 0 Å². The predicted molar refractivity (Wildman–Crippen MR) is 241 cm³/mol. The van der Waals surface area contributed by atoms with Crippen LogP contribution < -0.4 is 9.80 Å². The second kappa shape index (κ2) is 11.8. The van der Waals surface area contributed by atoms with Gasteiger partial charge in [-0.15, -0.1) is 0 Å². The Balaban J connectivity index is 1.19. The number of hydrogen-bond acceptors (Lipinski definition) is 2. The summed E-state index contributed by atoms with van der Waals surface area (Å²) in [6.07, 6.45) is 0. The third-order valence-electron chi connectivity index (χ3n) is 13.6. The number of rotatable bonds is 5. The van der Waals surface area contributed by atoms with E-state index in [0.29, 0.717) is 0 Å². The Morgan fingerprint density at radius 1 is 0.351 bits per heavy atom. The number of fused-ring (bicyclic) bond motifs is 1. The van der Waals surface area contributed by atoms with Crippen LogP contribution in [0.2, 0.25) is 0 Å². The fourth-order valence-electron chi connectivity index (χ4n) is 10.5. The van der Waals surface area contributed by atoms with Crippen molar-refractivity contribution in [1.29, 1.82) is 0 Å². The standard InChI is InChI=1S/C55H46N2/c1-53(2)43-27-18-28-44-50(43)57-51-45(53)31-36(35-19-10-7-11-20-35)32-46(51)55(5,6)48-34-37(33-47(52(48)57)54(44,3)4)40-29-30-49(42-26-17-16-25-41(40)42)56(38-21-12-8-13-22-38)39-23-14-9-15-24-39/h7-34H,1-6H3. The highest BCUT2D eigenvalue weighted by atomic mass is 15.2. The Morgan fingerprint density at radius 3 is 1.30 bits per heavy atom. The second-order valence-electron chi connectivity index (χ2n) is 17.8. The molecule has 3 aliphatic rings. The molecule has 0 fully saturated rings. The number of benzene rings is 8. The minimum absolute atomic E-state index is 0.175. The van der Waals surface area contributed by atoms with Crippen molar-refractivity contribution in [2.24, 2.45) is 0 Å². The molecule has 0 amide bonds. The van der Waals surface area contributed by atoms with E-state index in [-0.39, 0.29) is 16.2 Å². The first-order valence-corrected chi connectivity index (χ1v) is 20.4. The van der Waals surface area contributed by atoms with Crippen LogP contribution in [0.1, 0.15) is 74.9 Å². The molecule has 2 heteroatoms. The van der Waals surface area contributed by atoms with Crippen molar-refractivity contribution in [2.45, 2.75) is 57.8 Å². The van der Waals surface area contributed by atoms with E-state index in [1.165, 1.54) is 89.2 Å². The van der Waals surface area contributed by atoms with Crippen LogP contribution >= 0.6 is 0 Å². The lowest BCUT2D eigenvalue weighted by atomic mass is 9.60. The zero-order valence-electron chi connectivity index (χ0n) is 33.6. The van der Waals surface area contributed by atoms with Gasteiger partial charge in [0, 0.05) is 33.0 Å². The molecule has 0 aliphatic carbocycles. The first kappa shape index (κ1) is 33.9. The van der Waals surface area contributed by atoms with Crippen LogP contribution in [0.4, 0.5) is 34.1 Å². The lowest BCUT2D eigenvalue weighted by Gasteiger charge is -2.55. The summed E-state index contributed by atoms with van der Waals surface area (Å²) < 4.78 is 0. The van der Waals surface area contributed by atoms with Crippen LogP contribution in [0.25, 0.3) is 33.0 Å². The number of anilines is 6. The monoisotopic (exact) mass is 734 g/mol. The zero-order valence-corrected chi connectivity index (χ0v) is 33.6. The molecular weight excluding hydrogens is 689 g/mol. The van der Waals surface area contributed by atoms with E-state index >= 15 is 0 Å². The Morgan fingerprint density at radius 2 is 0.772 bits per heavy atom. The van der Waals surface area contributed by atoms with Crippen molar-refractivity contribution < 1.29 is 0 Å². The quantitative estimate of drug-likeness (QED) is 0.174. The lowest BCUT2D eigenvalue weighted by molar-refractivity contribution is 0.567. The van der Waals surface area contributed by atoms with Gasteiger partial charge in [-0.1, -0.05) is 157 Å². The number of nitrogens with zero attached hydrogens (tertiary/aromatic N) is 2. The minimum atomic E-state index is -0.269. The van der Waals surface area contributed by atoms with E-state index in [0.717, 1.165) is 11.4 Å². The molecule has 276 valence electrons. The fourth-order valence-corrected chi connectivity index (χ4v) is 10.5. The Bertz CT molecular complexity index is 2880. The van der Waals surface area contributed by atoms with Gasteiger partial charge in [0.25, 0.3) is 0 Å². The average molecular weight is 735 g/mol. The molecule has 3 aliphatic heterocycles. The summed E-state index contributed by atoms with van der Waals surface area (Å²) >= 11 is 0. The highest BCUT2D eigenvalue weighted by molar-refractivity contribution is 6.07. The highest BCUT2D eigenvalue weighted by Crippen LogP contribution is 2.67. The Kier molecular flexibility index (Phi) is 7.03. The molecule has 0 unspecified atom stereocenters. The van der Waals surface area contributed by atoms with Crippen molar-refractivity contribution in [3.63, 3.8) is 0 Å². The molecule has 0 saturated heterocycles. The van der Waals surface area contributed by atoms with Gasteiger partial charge < -0.3 is 9.80 Å². The molecular formula is C55H46N2. The Hall–Kier alpha value is -6.38. The maximum Gasteiger partial charge on any atom is 0.0544 e. The van der Waals surface area contributed by atoms with E-state index in [9.17, 15) is 0 Å². The van der Waals surface area contributed by atoms with Crippen LogP contribution in [0, 0.1) is 0 Å². The van der Waals surface area contributed by atoms with Crippen molar-refractivity contribution in [1.82, 2.24) is 0 Å². The fraction of sp³-hybridized carbons (Fsp3) is 0.164. The molecule has 57 heavy (non-hydrogen) atoms. The van der Waals surface area contributed by atoms with E-state index < -0.39 is 0 Å². The molecule has 0 bridgehead atoms. The average Bonchev–Trinajstić information content (AvgIpc) is 3.24. The maximum atomic E-state index is 2.68. The molecule has 8 aromatic carbocycles. The molecule has 0 N–H and O–H groups in total. The molecule has 8 aromatic rings. The van der Waals surface area contributed by atoms with E-state index in [1.54, 1.807) is 0 Å². The maximum absolute atomic E-state index is 2.68. The number of para-hydroxylation sites is 3. The van der Waals surface area contributed by atoms with Gasteiger partial charge in [-0.3, -0.25) is 0 Å². The molecule has 2 nitrogen and oxygen atoms in total. The van der Waals surface area contributed by atoms with Gasteiger partial charge in [-0.05, 0) is 116 Å². The van der Waals surface area contributed by atoms with Gasteiger partial charge in [-0.25, -0.2) is 0 Å². The topological polar surface area (TPSA) is 6.48 Å². The Labute approximate surface area is 336 Å². The SMILES string of the molecule is CC1(C)c2cccc3c2N2c4c1cc(-c1ccccc1)cc4C(C)(C)c1cc(-c4ccc(N(c5ccccc5)c5ccccc5)c5ccccc45)cc(c12)C3(C)C. The summed E-state index contributed by atoms with van der Waals surface area (Å²) in [5, 5.41) is 2.47. The molecule has 0 aromatic heterocycles. The largest absolute Gasteiger partial charge is 0.310 e. The predicted octanol–water partition coefficient (Wildman–Crippen LogP) is 15.0. The highest BCUT2D eigenvalue weighted by Gasteiger charge is 2.52. The van der Waals surface area contributed by atoms with Gasteiger partial charge >= 0.3 is 0 Å². The summed E-state index contributed by atoms with van der Waals surface area (Å²) in [6, 6.07) is 63.2. The molecule has 0 spiro atoms. The van der Waals surface area contributed by atoms with Crippen LogP contribution in [-0.4, -0.2) is 0 Å². The zero-order chi connectivity index (χ0) is 38.8. The molecule has 11 rings (SSSR count). The smallest absolute Gasteiger partial charge is 0.0544 e. The van der Waals surface area contributed by atoms with Crippen molar-refractivity contribution in [3.05, 3.63) is 203 Å². The first-order chi connectivity index (χ1) is 27.6. The van der Waals surface area contributed by atoms with Gasteiger partial charge in [-0.2, -0.15) is 0 Å². The second-order valence-corrected chi connectivity index (χ2v) is 17.8. The summed E-state index contributed by atoms with van der Waals surface area (Å²) in [6.45, 7) is 14.7. The molecule has 0 radical (unpaired) electrons. The molecule has 0 saturated carbocycles. The minimum Gasteiger partial charge on any atom is -0.310 e. The van der Waals surface area contributed by atoms with Crippen LogP contribution in [0.5, 0.6) is 0 Å². The third kappa shape index (κ3) is 4.65. The third-order valence-corrected chi connectivity index (χ3v) is 13.6.